The summed E-state index contributed by atoms with van der Waals surface area (Å²) in [6, 6.07) is 13.9. The van der Waals surface area contributed by atoms with Crippen LogP contribution in [0.25, 0.3) is 0 Å². The number of halogens is 19. The van der Waals surface area contributed by atoms with E-state index >= 15 is 0 Å². The second kappa shape index (κ2) is 24.9. The molecule has 2 aliphatic rings. The van der Waals surface area contributed by atoms with E-state index in [4.69, 9.17) is 9.47 Å². The maximum Gasteiger partial charge on any atom is 0.460 e. The summed E-state index contributed by atoms with van der Waals surface area (Å²) < 4.78 is 224. The smallest absolute Gasteiger partial charge is 0.380 e. The highest BCUT2D eigenvalue weighted by Crippen LogP contribution is 2.54. The van der Waals surface area contributed by atoms with E-state index in [0.717, 1.165) is 26.4 Å². The molecule has 5 rings (SSSR count). The lowest BCUT2D eigenvalue weighted by atomic mass is 10.1. The molecule has 68 heavy (non-hydrogen) atoms. The maximum atomic E-state index is 12.0. The molecular weight excluding hydrogens is 1110 g/mol. The molecule has 2 saturated heterocycles. The topological polar surface area (TPSA) is 18.5 Å². The van der Waals surface area contributed by atoms with Crippen LogP contribution in [0.2, 0.25) is 0 Å². The highest BCUT2D eigenvalue weighted by Gasteiger charge is 2.81. The van der Waals surface area contributed by atoms with Gasteiger partial charge in [-0.05, 0) is 62.3 Å². The second-order valence-corrected chi connectivity index (χ2v) is 22.2. The van der Waals surface area contributed by atoms with E-state index in [1.807, 2.05) is 11.8 Å². The summed E-state index contributed by atoms with van der Waals surface area (Å²) in [5.74, 6) is -32.6. The predicted octanol–water partition coefficient (Wildman–Crippen LogP) is 12.0. The minimum absolute atomic E-state index is 0.0837. The monoisotopic (exact) mass is 1160 g/mol. The first kappa shape index (κ1) is 63.8. The van der Waals surface area contributed by atoms with Gasteiger partial charge in [0.05, 0.1) is 26.4 Å². The van der Waals surface area contributed by atoms with Crippen LogP contribution in [0.3, 0.4) is 0 Å². The minimum Gasteiger partial charge on any atom is -0.380 e. The van der Waals surface area contributed by atoms with Crippen molar-refractivity contribution in [3.8, 4) is 0 Å². The number of ether oxygens (including phenoxy) is 2. The Labute approximate surface area is 402 Å². The normalized spacial score (nSPS) is 15.7. The molecule has 390 valence electrons. The Morgan fingerprint density at radius 2 is 0.676 bits per heavy atom. The summed E-state index contributed by atoms with van der Waals surface area (Å²) in [5.41, 5.74) is 12.9. The van der Waals surface area contributed by atoms with Crippen molar-refractivity contribution in [3.63, 3.8) is 0 Å². The summed E-state index contributed by atoms with van der Waals surface area (Å²) in [4.78, 5) is 1.60. The van der Waals surface area contributed by atoms with E-state index in [0.29, 0.717) is 10.9 Å². The molecule has 2 nitrogen and oxygen atoms in total. The molecule has 0 atom stereocenters. The zero-order chi connectivity index (χ0) is 53.2. The zero-order valence-electron chi connectivity index (χ0n) is 38.9. The molecule has 2 aliphatic heterocycles. The molecule has 0 aromatic heterocycles. The lowest BCUT2D eigenvalue weighted by molar-refractivity contribution is -0.600. The first-order valence-corrected chi connectivity index (χ1v) is 25.1. The van der Waals surface area contributed by atoms with Crippen LogP contribution < -0.4 is 21.2 Å². The molecule has 0 spiro atoms. The van der Waals surface area contributed by atoms with E-state index < -0.39 is 61.7 Å². The zero-order valence-corrected chi connectivity index (χ0v) is 42.7. The summed E-state index contributed by atoms with van der Waals surface area (Å²) in [7, 11) is 0.436. The van der Waals surface area contributed by atoms with E-state index in [1.165, 1.54) is 73.1 Å². The van der Waals surface area contributed by atoms with Gasteiger partial charge >= 0.3 is 69.1 Å². The van der Waals surface area contributed by atoms with Crippen LogP contribution in [0.1, 0.15) is 63.9 Å². The van der Waals surface area contributed by atoms with Crippen molar-refractivity contribution in [2.45, 2.75) is 129 Å². The molecule has 0 aliphatic carbocycles. The molecule has 2 fully saturated rings. The van der Waals surface area contributed by atoms with Crippen molar-refractivity contribution < 1.29 is 110 Å². The Kier molecular flexibility index (Phi) is 23.4. The molecule has 0 bridgehead atoms. The van der Waals surface area contributed by atoms with Crippen LogP contribution in [-0.2, 0) is 20.4 Å². The lowest BCUT2D eigenvalue weighted by Crippen LogP contribution is -3.62. The third kappa shape index (κ3) is 16.9. The molecule has 0 N–H and O–H groups in total. The van der Waals surface area contributed by atoms with Crippen LogP contribution in [0.4, 0.5) is 79.0 Å². The highest BCUT2D eigenvalue weighted by molar-refractivity contribution is 7.99. The van der Waals surface area contributed by atoms with Crippen molar-refractivity contribution in [3.05, 3.63) is 93.6 Å². The molecule has 3 aromatic carbocycles. The molecule has 0 saturated carbocycles. The van der Waals surface area contributed by atoms with Crippen molar-refractivity contribution in [1.82, 2.24) is 0 Å². The Morgan fingerprint density at radius 1 is 0.412 bits per heavy atom. The summed E-state index contributed by atoms with van der Waals surface area (Å²) in [6.45, 7) is 22.4. The third-order valence-electron chi connectivity index (χ3n) is 9.54. The Hall–Kier alpha value is -2.25. The van der Waals surface area contributed by atoms with Crippen LogP contribution >= 0.6 is 11.8 Å². The van der Waals surface area contributed by atoms with Gasteiger partial charge in [-0.3, -0.25) is 0 Å². The first-order chi connectivity index (χ1) is 30.6. The van der Waals surface area contributed by atoms with Crippen LogP contribution in [0.15, 0.2) is 41.3 Å². The number of benzene rings is 3. The number of aryl methyl sites for hydroxylation is 9. The molecule has 3 aromatic rings. The average Bonchev–Trinajstić information content (AvgIpc) is 3.17. The highest BCUT2D eigenvalue weighted by atomic mass is 127. The summed E-state index contributed by atoms with van der Waals surface area (Å²) >= 11 is 1.89. The van der Waals surface area contributed by atoms with Crippen molar-refractivity contribution in [1.29, 1.82) is 0 Å². The van der Waals surface area contributed by atoms with Gasteiger partial charge in [-0.2, -0.15) is 90.8 Å². The van der Waals surface area contributed by atoms with Crippen molar-refractivity contribution >= 4 is 22.7 Å². The maximum absolute atomic E-state index is 12.0. The fourth-order valence-electron chi connectivity index (χ4n) is 6.41. The summed E-state index contributed by atoms with van der Waals surface area (Å²) in [5, 5.41) is 0. The first-order valence-electron chi connectivity index (χ1n) is 20.3. The Bertz CT molecular complexity index is 1840. The molecule has 2 heterocycles. The fourth-order valence-corrected chi connectivity index (χ4v) is 12.2. The van der Waals surface area contributed by atoms with Crippen LogP contribution in [0.5, 0.6) is 0 Å². The van der Waals surface area contributed by atoms with E-state index in [1.54, 1.807) is 12.0 Å². The van der Waals surface area contributed by atoms with Gasteiger partial charge in [0, 0.05) is 69.6 Å². The minimum atomic E-state index is -6.77. The molecule has 0 amide bonds. The van der Waals surface area contributed by atoms with Crippen molar-refractivity contribution in [2.24, 2.45) is 0 Å². The Balaban J connectivity index is 0.000000438. The molecule has 23 heteroatoms. The van der Waals surface area contributed by atoms with Gasteiger partial charge in [-0.25, -0.2) is 0 Å². The van der Waals surface area contributed by atoms with Crippen LogP contribution in [0, 0.1) is 69.5 Å². The number of hydrogen-bond donors (Lipinski definition) is 0. The lowest BCUT2D eigenvalue weighted by Gasteiger charge is -2.31. The summed E-state index contributed by atoms with van der Waals surface area (Å²) in [6.07, 6.45) is -13.5. The van der Waals surface area contributed by atoms with Gasteiger partial charge in [0.1, 0.15) is 11.5 Å². The van der Waals surface area contributed by atoms with Gasteiger partial charge in [-0.15, -0.1) is 0 Å². The van der Waals surface area contributed by atoms with E-state index in [9.17, 15) is 79.0 Å². The molecular formula is C45H55F18IO2S2+2. The second-order valence-electron chi connectivity index (χ2n) is 16.1. The number of alkyl halides is 18. The number of thioether (sulfide) groups is 1. The SMILES string of the molecule is C1CSCCO1.CC(F)(F)C(F)(F)C(F)(F)C(F)(F)F.CC(F)(F)C(F)(F)C(F)(F)C(F)(F)F.Cc1cc(C)c([I+]c2c(C)cc(C)cc2C)c(C)c1.Cc1cc(C)c([S+]2CCOCC2)c(C)c1. The van der Waals surface area contributed by atoms with Gasteiger partial charge in [0.25, 0.3) is 0 Å². The fraction of sp³-hybridized carbons (Fsp3) is 0.600. The van der Waals surface area contributed by atoms with Gasteiger partial charge in [0.2, 0.25) is 0 Å². The van der Waals surface area contributed by atoms with E-state index in [2.05, 4.69) is 98.7 Å². The van der Waals surface area contributed by atoms with Gasteiger partial charge in [-0.1, -0.05) is 53.1 Å². The molecule has 0 radical (unpaired) electrons. The predicted molar refractivity (Wildman–Crippen MR) is 227 cm³/mol. The van der Waals surface area contributed by atoms with Crippen molar-refractivity contribution in [2.75, 3.05) is 49.4 Å². The third-order valence-corrected chi connectivity index (χ3v) is 17.5. The van der Waals surface area contributed by atoms with Gasteiger partial charge < -0.3 is 9.47 Å². The standard InChI is InChI=1S/C18H22I.C13H19OS.2C5H3F9.C4H8OS/c1-11-7-13(3)17(14(4)8-11)19-18-15(5)9-12(2)10-16(18)6;1-10-8-11(2)13(12(3)9-10)15-6-4-14-5-7-15;2*1-2(6,7)3(8,9)4(10,11)5(12,13)14;1-3-6-4-2-5-1/h7-10H,1-6H3;8-9H,4-7H2,1-3H3;2*1H3;1-4H2/q2*+1;;;. The number of hydrogen-bond acceptors (Lipinski definition) is 3. The largest absolute Gasteiger partial charge is 0.460 e. The van der Waals surface area contributed by atoms with Crippen LogP contribution in [-0.4, -0.2) is 97.3 Å². The Morgan fingerprint density at radius 3 is 0.882 bits per heavy atom. The molecule has 0 unspecified atom stereocenters. The number of rotatable bonds is 7. The van der Waals surface area contributed by atoms with E-state index in [-0.39, 0.29) is 21.2 Å². The average molecular weight is 1160 g/mol. The quantitative estimate of drug-likeness (QED) is 0.133. The van der Waals surface area contributed by atoms with Gasteiger partial charge in [0.15, 0.2) is 12.0 Å².